The number of ether oxygens (including phenoxy) is 2. The van der Waals surface area contributed by atoms with Crippen molar-refractivity contribution in [3.05, 3.63) is 73.6 Å². The number of aryl methyl sites for hydroxylation is 1. The number of piperidine rings is 1. The Labute approximate surface area is 223 Å². The number of carbonyl (C=O) groups excluding carboxylic acids is 1. The van der Waals surface area contributed by atoms with Crippen molar-refractivity contribution in [2.24, 2.45) is 0 Å². The zero-order valence-electron chi connectivity index (χ0n) is 21.2. The van der Waals surface area contributed by atoms with Crippen molar-refractivity contribution >= 4 is 34.1 Å². The standard InChI is InChI=1S/C27H25N9O3/c1-3-24(37)35-9-6-19(7-10-35)39-27-28-14-21-25(34-27)26(31-15-29-21)33-18-4-5-22(17(2)12-18)38-20-8-11-36-23(13-20)30-16-32-36/h3-5,8,11-16,19H,1,6-7,9-10H2,2H3,(H,29,31,33). The van der Waals surface area contributed by atoms with Gasteiger partial charge < -0.3 is 19.7 Å². The molecule has 1 aliphatic rings. The first-order valence-electron chi connectivity index (χ1n) is 12.5. The van der Waals surface area contributed by atoms with Crippen molar-refractivity contribution in [2.75, 3.05) is 18.4 Å². The third-order valence-electron chi connectivity index (χ3n) is 6.47. The lowest BCUT2D eigenvalue weighted by Gasteiger charge is -2.30. The van der Waals surface area contributed by atoms with E-state index in [2.05, 4.69) is 41.9 Å². The molecule has 12 nitrogen and oxygen atoms in total. The van der Waals surface area contributed by atoms with Gasteiger partial charge in [-0.15, -0.1) is 0 Å². The number of aromatic nitrogens is 7. The maximum absolute atomic E-state index is 11.8. The smallest absolute Gasteiger partial charge is 0.317 e. The third-order valence-corrected chi connectivity index (χ3v) is 6.47. The zero-order chi connectivity index (χ0) is 26.8. The van der Waals surface area contributed by atoms with Crippen molar-refractivity contribution in [1.82, 2.24) is 39.4 Å². The lowest BCUT2D eigenvalue weighted by molar-refractivity contribution is -0.127. The molecular weight excluding hydrogens is 498 g/mol. The molecule has 0 atom stereocenters. The van der Waals surface area contributed by atoms with Gasteiger partial charge in [0.2, 0.25) is 5.91 Å². The number of benzene rings is 1. The summed E-state index contributed by atoms with van der Waals surface area (Å²) in [5.74, 6) is 1.86. The van der Waals surface area contributed by atoms with E-state index in [0.717, 1.165) is 17.0 Å². The molecule has 12 heteroatoms. The van der Waals surface area contributed by atoms with Gasteiger partial charge >= 0.3 is 6.01 Å². The number of amides is 1. The minimum Gasteiger partial charge on any atom is -0.460 e. The summed E-state index contributed by atoms with van der Waals surface area (Å²) in [6, 6.07) is 9.68. The zero-order valence-corrected chi connectivity index (χ0v) is 21.2. The molecule has 1 N–H and O–H groups in total. The van der Waals surface area contributed by atoms with Gasteiger partial charge in [0.25, 0.3) is 0 Å². The average molecular weight is 524 g/mol. The number of hydrogen-bond donors (Lipinski definition) is 1. The maximum atomic E-state index is 11.8. The summed E-state index contributed by atoms with van der Waals surface area (Å²) >= 11 is 0. The number of pyridine rings is 1. The van der Waals surface area contributed by atoms with Crippen LogP contribution in [-0.4, -0.2) is 64.5 Å². The SMILES string of the molecule is C=CC(=O)N1CCC(Oc2ncc3ncnc(Nc4ccc(Oc5ccn6ncnc6c5)c(C)c4)c3n2)CC1. The van der Waals surface area contributed by atoms with E-state index in [9.17, 15) is 4.79 Å². The molecule has 1 amide bonds. The number of carbonyl (C=O) groups is 1. The van der Waals surface area contributed by atoms with Gasteiger partial charge in [-0.3, -0.25) is 4.79 Å². The molecule has 0 spiro atoms. The number of rotatable bonds is 7. The van der Waals surface area contributed by atoms with E-state index in [1.165, 1.54) is 18.7 Å². The fraction of sp³-hybridized carbons (Fsp3) is 0.222. The van der Waals surface area contributed by atoms with Crippen LogP contribution < -0.4 is 14.8 Å². The second-order valence-corrected chi connectivity index (χ2v) is 9.09. The van der Waals surface area contributed by atoms with Gasteiger partial charge in [0.1, 0.15) is 41.3 Å². The Morgan fingerprint density at radius 2 is 1.97 bits per heavy atom. The Balaban J connectivity index is 1.17. The molecule has 4 aromatic heterocycles. The maximum Gasteiger partial charge on any atom is 0.317 e. The van der Waals surface area contributed by atoms with Gasteiger partial charge in [0.15, 0.2) is 11.5 Å². The Bertz CT molecular complexity index is 1680. The van der Waals surface area contributed by atoms with Crippen molar-refractivity contribution in [2.45, 2.75) is 25.9 Å². The summed E-state index contributed by atoms with van der Waals surface area (Å²) in [7, 11) is 0. The molecule has 1 fully saturated rings. The van der Waals surface area contributed by atoms with Gasteiger partial charge in [0.05, 0.1) is 6.20 Å². The van der Waals surface area contributed by atoms with Crippen LogP contribution in [0.1, 0.15) is 18.4 Å². The van der Waals surface area contributed by atoms with Gasteiger partial charge in [0, 0.05) is 43.9 Å². The van der Waals surface area contributed by atoms with E-state index in [-0.39, 0.29) is 18.0 Å². The molecule has 39 heavy (non-hydrogen) atoms. The van der Waals surface area contributed by atoms with E-state index < -0.39 is 0 Å². The topological polar surface area (TPSA) is 133 Å². The van der Waals surface area contributed by atoms with E-state index in [0.29, 0.717) is 54.2 Å². The van der Waals surface area contributed by atoms with Crippen molar-refractivity contribution in [1.29, 1.82) is 0 Å². The fourth-order valence-corrected chi connectivity index (χ4v) is 4.42. The Morgan fingerprint density at radius 1 is 1.10 bits per heavy atom. The molecule has 0 saturated carbocycles. The molecule has 6 rings (SSSR count). The van der Waals surface area contributed by atoms with Crippen LogP contribution in [-0.2, 0) is 4.79 Å². The summed E-state index contributed by atoms with van der Waals surface area (Å²) in [6.45, 7) is 6.73. The molecule has 1 saturated heterocycles. The lowest BCUT2D eigenvalue weighted by Crippen LogP contribution is -2.41. The number of anilines is 2. The Kier molecular flexibility index (Phi) is 6.41. The molecule has 5 aromatic rings. The number of fused-ring (bicyclic) bond motifs is 2. The quantitative estimate of drug-likeness (QED) is 0.314. The van der Waals surface area contributed by atoms with Crippen LogP contribution >= 0.6 is 0 Å². The monoisotopic (exact) mass is 523 g/mol. The molecule has 1 aliphatic heterocycles. The summed E-state index contributed by atoms with van der Waals surface area (Å²) < 4.78 is 13.8. The second-order valence-electron chi connectivity index (χ2n) is 9.09. The Hall–Kier alpha value is -5.13. The molecule has 0 bridgehead atoms. The van der Waals surface area contributed by atoms with Crippen molar-refractivity contribution in [3.63, 3.8) is 0 Å². The first-order chi connectivity index (χ1) is 19.1. The third kappa shape index (κ3) is 5.17. The highest BCUT2D eigenvalue weighted by atomic mass is 16.5. The van der Waals surface area contributed by atoms with E-state index in [4.69, 9.17) is 9.47 Å². The van der Waals surface area contributed by atoms with Gasteiger partial charge in [-0.2, -0.15) is 10.1 Å². The van der Waals surface area contributed by atoms with E-state index >= 15 is 0 Å². The number of likely N-dealkylation sites (tertiary alicyclic amines) is 1. The van der Waals surface area contributed by atoms with Crippen molar-refractivity contribution < 1.29 is 14.3 Å². The predicted molar refractivity (Wildman–Crippen MR) is 143 cm³/mol. The predicted octanol–water partition coefficient (Wildman–Crippen LogP) is 3.86. The minimum absolute atomic E-state index is 0.0634. The highest BCUT2D eigenvalue weighted by Gasteiger charge is 2.23. The largest absolute Gasteiger partial charge is 0.460 e. The van der Waals surface area contributed by atoms with Crippen LogP contribution in [0.25, 0.3) is 16.7 Å². The average Bonchev–Trinajstić information content (AvgIpc) is 3.43. The van der Waals surface area contributed by atoms with Crippen LogP contribution in [0.15, 0.2) is 68.0 Å². The van der Waals surface area contributed by atoms with Crippen LogP contribution in [0.2, 0.25) is 0 Å². The van der Waals surface area contributed by atoms with Gasteiger partial charge in [-0.05, 0) is 42.8 Å². The van der Waals surface area contributed by atoms with Crippen molar-refractivity contribution in [3.8, 4) is 17.5 Å². The molecule has 1 aromatic carbocycles. The minimum atomic E-state index is -0.0852. The molecule has 5 heterocycles. The van der Waals surface area contributed by atoms with Crippen LogP contribution in [0.4, 0.5) is 11.5 Å². The lowest BCUT2D eigenvalue weighted by atomic mass is 10.1. The van der Waals surface area contributed by atoms with Crippen LogP contribution in [0, 0.1) is 6.92 Å². The van der Waals surface area contributed by atoms with Gasteiger partial charge in [-0.25, -0.2) is 24.5 Å². The summed E-state index contributed by atoms with van der Waals surface area (Å²) in [5, 5.41) is 7.43. The second kappa shape index (κ2) is 10.3. The fourth-order valence-electron chi connectivity index (χ4n) is 4.42. The molecule has 0 aliphatic carbocycles. The number of nitrogens with zero attached hydrogens (tertiary/aromatic N) is 8. The highest BCUT2D eigenvalue weighted by Crippen LogP contribution is 2.30. The van der Waals surface area contributed by atoms with Crippen LogP contribution in [0.3, 0.4) is 0 Å². The number of hydrogen-bond acceptors (Lipinski definition) is 10. The van der Waals surface area contributed by atoms with E-state index in [1.807, 2.05) is 37.3 Å². The molecule has 196 valence electrons. The van der Waals surface area contributed by atoms with E-state index in [1.54, 1.807) is 21.8 Å². The summed E-state index contributed by atoms with van der Waals surface area (Å²) in [4.78, 5) is 35.4. The number of nitrogens with one attached hydrogen (secondary N) is 1. The Morgan fingerprint density at radius 3 is 2.79 bits per heavy atom. The normalized spacial score (nSPS) is 13.9. The van der Waals surface area contributed by atoms with Gasteiger partial charge in [-0.1, -0.05) is 6.58 Å². The molecule has 0 radical (unpaired) electrons. The first kappa shape index (κ1) is 24.2. The van der Waals surface area contributed by atoms with Crippen LogP contribution in [0.5, 0.6) is 17.5 Å². The molecule has 0 unspecified atom stereocenters. The molecular formula is C27H25N9O3. The summed E-state index contributed by atoms with van der Waals surface area (Å²) in [5.41, 5.74) is 3.58. The highest BCUT2D eigenvalue weighted by molar-refractivity contribution is 5.87. The first-order valence-corrected chi connectivity index (χ1v) is 12.5. The summed E-state index contributed by atoms with van der Waals surface area (Å²) in [6.07, 6.45) is 9.02.